The van der Waals surface area contributed by atoms with Crippen molar-refractivity contribution in [1.82, 2.24) is 25.0 Å². The van der Waals surface area contributed by atoms with Gasteiger partial charge in [-0.2, -0.15) is 10.2 Å². The highest BCUT2D eigenvalue weighted by Gasteiger charge is 2.09. The lowest BCUT2D eigenvalue weighted by Crippen LogP contribution is -1.93. The lowest BCUT2D eigenvalue weighted by atomic mass is 10.3. The number of nitrogens with one attached hydrogen (secondary N) is 1. The van der Waals surface area contributed by atoms with E-state index in [0.717, 1.165) is 21.2 Å². The van der Waals surface area contributed by atoms with Crippen molar-refractivity contribution < 1.29 is 0 Å². The van der Waals surface area contributed by atoms with Gasteiger partial charge in [-0.1, -0.05) is 0 Å². The zero-order valence-corrected chi connectivity index (χ0v) is 9.14. The van der Waals surface area contributed by atoms with Crippen molar-refractivity contribution in [2.24, 2.45) is 0 Å². The van der Waals surface area contributed by atoms with Crippen molar-refractivity contribution in [3.63, 3.8) is 0 Å². The Labute approximate surface area is 93.3 Å². The summed E-state index contributed by atoms with van der Waals surface area (Å²) in [5, 5.41) is 12.0. The van der Waals surface area contributed by atoms with E-state index >= 15 is 0 Å². The molecule has 0 aromatic carbocycles. The normalized spacial score (nSPS) is 11.0. The van der Waals surface area contributed by atoms with E-state index in [2.05, 4.69) is 36.2 Å². The van der Waals surface area contributed by atoms with Crippen molar-refractivity contribution in [2.75, 3.05) is 0 Å². The van der Waals surface area contributed by atoms with Crippen molar-refractivity contribution >= 4 is 26.8 Å². The van der Waals surface area contributed by atoms with Gasteiger partial charge in [0.1, 0.15) is 10.3 Å². The summed E-state index contributed by atoms with van der Waals surface area (Å²) in [5.41, 5.74) is 1.84. The second kappa shape index (κ2) is 3.16. The molecule has 15 heavy (non-hydrogen) atoms. The number of nitrogens with zero attached hydrogens (tertiary/aromatic N) is 4. The largest absolute Gasteiger partial charge is 0.283 e. The highest BCUT2D eigenvalue weighted by molar-refractivity contribution is 9.10. The Hall–Kier alpha value is -1.69. The van der Waals surface area contributed by atoms with Crippen molar-refractivity contribution in [3.05, 3.63) is 35.5 Å². The Morgan fingerprint density at radius 2 is 2.27 bits per heavy atom. The quantitative estimate of drug-likeness (QED) is 0.730. The minimum absolute atomic E-state index is 0.807. The van der Waals surface area contributed by atoms with Crippen LogP contribution in [0, 0.1) is 0 Å². The summed E-state index contributed by atoms with van der Waals surface area (Å²) in [6.45, 7) is 0. The van der Waals surface area contributed by atoms with Crippen LogP contribution in [0.2, 0.25) is 0 Å². The summed E-state index contributed by atoms with van der Waals surface area (Å²) >= 11 is 3.41. The van der Waals surface area contributed by atoms with Crippen LogP contribution in [-0.4, -0.2) is 25.0 Å². The summed E-state index contributed by atoms with van der Waals surface area (Å²) in [6, 6.07) is 1.92. The van der Waals surface area contributed by atoms with E-state index in [9.17, 15) is 0 Å². The molecule has 0 spiro atoms. The Bertz CT molecular complexity index is 598. The van der Waals surface area contributed by atoms with Crippen LogP contribution in [0.5, 0.6) is 0 Å². The fourth-order valence-corrected chi connectivity index (χ4v) is 1.98. The maximum absolute atomic E-state index is 4.37. The minimum atomic E-state index is 0.807. The van der Waals surface area contributed by atoms with Gasteiger partial charge in [0.2, 0.25) is 0 Å². The molecule has 3 heterocycles. The molecule has 0 saturated carbocycles. The second-order valence-electron chi connectivity index (χ2n) is 3.05. The number of hydrogen-bond acceptors (Lipinski definition) is 3. The van der Waals surface area contributed by atoms with Gasteiger partial charge in [0.05, 0.1) is 17.9 Å². The van der Waals surface area contributed by atoms with Gasteiger partial charge in [0.15, 0.2) is 0 Å². The lowest BCUT2D eigenvalue weighted by molar-refractivity contribution is 0.897. The molecule has 3 aromatic rings. The van der Waals surface area contributed by atoms with Gasteiger partial charge in [-0.05, 0) is 22.0 Å². The highest BCUT2D eigenvalue weighted by atomic mass is 79.9. The van der Waals surface area contributed by atoms with Gasteiger partial charge in [0, 0.05) is 17.8 Å². The maximum Gasteiger partial charge on any atom is 0.136 e. The van der Waals surface area contributed by atoms with Crippen LogP contribution in [0.1, 0.15) is 0 Å². The third kappa shape index (κ3) is 1.25. The molecule has 3 aromatic heterocycles. The number of hydrogen-bond donors (Lipinski definition) is 1. The van der Waals surface area contributed by atoms with Gasteiger partial charge in [-0.25, -0.2) is 4.68 Å². The van der Waals surface area contributed by atoms with Crippen LogP contribution in [0.4, 0.5) is 0 Å². The van der Waals surface area contributed by atoms with Crippen LogP contribution < -0.4 is 0 Å². The van der Waals surface area contributed by atoms with Crippen LogP contribution in [0.25, 0.3) is 16.6 Å². The van der Waals surface area contributed by atoms with Gasteiger partial charge >= 0.3 is 0 Å². The van der Waals surface area contributed by atoms with E-state index < -0.39 is 0 Å². The molecule has 6 heteroatoms. The lowest BCUT2D eigenvalue weighted by Gasteiger charge is -1.96. The third-order valence-electron chi connectivity index (χ3n) is 2.17. The molecule has 74 valence electrons. The number of fused-ring (bicyclic) bond motifs is 1. The Balaban J connectivity index is 2.37. The highest BCUT2D eigenvalue weighted by Crippen LogP contribution is 2.24. The van der Waals surface area contributed by atoms with Crippen molar-refractivity contribution in [3.8, 4) is 5.69 Å². The summed E-state index contributed by atoms with van der Waals surface area (Å²) in [5.74, 6) is 0. The minimum Gasteiger partial charge on any atom is -0.283 e. The molecule has 5 nitrogen and oxygen atoms in total. The summed E-state index contributed by atoms with van der Waals surface area (Å²) in [4.78, 5) is 4.08. The first-order chi connectivity index (χ1) is 7.36. The van der Waals surface area contributed by atoms with Gasteiger partial charge in [-0.15, -0.1) is 0 Å². The summed E-state index contributed by atoms with van der Waals surface area (Å²) < 4.78 is 2.59. The zero-order chi connectivity index (χ0) is 10.3. The molecule has 0 aliphatic carbocycles. The standard InChI is InChI=1S/C9H6BrN5/c10-9-7-1-2-11-5-8(7)15(14-9)6-3-12-13-4-6/h1-5H,(H,12,13). The number of aromatic amines is 1. The summed E-state index contributed by atoms with van der Waals surface area (Å²) in [7, 11) is 0. The van der Waals surface area contributed by atoms with Crippen molar-refractivity contribution in [2.45, 2.75) is 0 Å². The average Bonchev–Trinajstić information content (AvgIpc) is 2.87. The smallest absolute Gasteiger partial charge is 0.136 e. The molecule has 1 N–H and O–H groups in total. The molecule has 0 unspecified atom stereocenters. The summed E-state index contributed by atoms with van der Waals surface area (Å²) in [6.07, 6.45) is 7.02. The predicted molar refractivity (Wildman–Crippen MR) is 58.7 cm³/mol. The van der Waals surface area contributed by atoms with Crippen LogP contribution >= 0.6 is 15.9 Å². The van der Waals surface area contributed by atoms with E-state index in [0.29, 0.717) is 0 Å². The second-order valence-corrected chi connectivity index (χ2v) is 3.80. The molecule has 0 aliphatic heterocycles. The number of pyridine rings is 1. The molecule has 0 aliphatic rings. The molecule has 0 radical (unpaired) electrons. The first kappa shape index (κ1) is 8.60. The van der Waals surface area contributed by atoms with E-state index in [-0.39, 0.29) is 0 Å². The molecule has 0 bridgehead atoms. The first-order valence-corrected chi connectivity index (χ1v) is 5.13. The van der Waals surface area contributed by atoms with Gasteiger partial charge in [-0.3, -0.25) is 10.1 Å². The monoisotopic (exact) mass is 263 g/mol. The molecule has 0 amide bonds. The average molecular weight is 264 g/mol. The number of halogens is 1. The fourth-order valence-electron chi connectivity index (χ4n) is 1.48. The third-order valence-corrected chi connectivity index (χ3v) is 2.75. The fraction of sp³-hybridized carbons (Fsp3) is 0. The van der Waals surface area contributed by atoms with Crippen molar-refractivity contribution in [1.29, 1.82) is 0 Å². The molecule has 3 rings (SSSR count). The van der Waals surface area contributed by atoms with E-state index in [1.807, 2.05) is 6.07 Å². The Morgan fingerprint density at radius 3 is 3.07 bits per heavy atom. The Kier molecular flexibility index (Phi) is 1.81. The topological polar surface area (TPSA) is 59.4 Å². The first-order valence-electron chi connectivity index (χ1n) is 4.33. The van der Waals surface area contributed by atoms with E-state index in [1.165, 1.54) is 0 Å². The van der Waals surface area contributed by atoms with E-state index in [1.54, 1.807) is 29.5 Å². The van der Waals surface area contributed by atoms with Crippen LogP contribution in [0.3, 0.4) is 0 Å². The SMILES string of the molecule is Brc1nn(-c2cn[nH]c2)c2cnccc12. The number of aromatic nitrogens is 5. The van der Waals surface area contributed by atoms with Gasteiger partial charge in [0.25, 0.3) is 0 Å². The van der Waals surface area contributed by atoms with E-state index in [4.69, 9.17) is 0 Å². The number of H-pyrrole nitrogens is 1. The predicted octanol–water partition coefficient (Wildman–Crippen LogP) is 1.91. The van der Waals surface area contributed by atoms with Crippen LogP contribution in [0.15, 0.2) is 35.5 Å². The molecule has 0 saturated heterocycles. The number of rotatable bonds is 1. The van der Waals surface area contributed by atoms with Gasteiger partial charge < -0.3 is 0 Å². The Morgan fingerprint density at radius 1 is 1.33 bits per heavy atom. The maximum atomic E-state index is 4.37. The van der Waals surface area contributed by atoms with Crippen LogP contribution in [-0.2, 0) is 0 Å². The molecule has 0 fully saturated rings. The zero-order valence-electron chi connectivity index (χ0n) is 7.55. The molecular weight excluding hydrogens is 258 g/mol. The molecule has 0 atom stereocenters. The molecular formula is C9H6BrN5.